The number of nitrogens with zero attached hydrogens (tertiary/aromatic N) is 1. The van der Waals surface area contributed by atoms with Crippen LogP contribution in [0, 0.1) is 0 Å². The van der Waals surface area contributed by atoms with E-state index in [0.717, 1.165) is 18.7 Å². The number of anilines is 1. The Kier molecular flexibility index (Phi) is 4.02. The van der Waals surface area contributed by atoms with Gasteiger partial charge in [-0.15, -0.1) is 0 Å². The summed E-state index contributed by atoms with van der Waals surface area (Å²) in [6.45, 7) is 3.41. The van der Waals surface area contributed by atoms with Gasteiger partial charge in [0, 0.05) is 18.3 Å². The predicted molar refractivity (Wildman–Crippen MR) is 70.0 cm³/mol. The van der Waals surface area contributed by atoms with Crippen molar-refractivity contribution in [3.05, 3.63) is 30.3 Å². The minimum Gasteiger partial charge on any atom is -0.376 e. The van der Waals surface area contributed by atoms with E-state index >= 15 is 0 Å². The number of hydrogen-bond donors (Lipinski definition) is 1. The first-order chi connectivity index (χ1) is 8.31. The lowest BCUT2D eigenvalue weighted by Gasteiger charge is -2.22. The first-order valence-corrected chi connectivity index (χ1v) is 6.39. The molecule has 1 saturated carbocycles. The van der Waals surface area contributed by atoms with E-state index in [1.165, 1.54) is 12.8 Å². The van der Waals surface area contributed by atoms with Crippen LogP contribution in [-0.2, 0) is 4.79 Å². The second kappa shape index (κ2) is 5.71. The van der Waals surface area contributed by atoms with Gasteiger partial charge in [0.2, 0.25) is 5.91 Å². The molecule has 0 aliphatic heterocycles. The van der Waals surface area contributed by atoms with Gasteiger partial charge >= 0.3 is 0 Å². The maximum absolute atomic E-state index is 12.1. The van der Waals surface area contributed by atoms with Crippen molar-refractivity contribution in [2.45, 2.75) is 32.2 Å². The van der Waals surface area contributed by atoms with E-state index in [1.807, 2.05) is 35.2 Å². The maximum Gasteiger partial charge on any atom is 0.242 e. The minimum atomic E-state index is 0.221. The molecule has 0 bridgehead atoms. The Morgan fingerprint density at radius 3 is 2.65 bits per heavy atom. The Bertz CT molecular complexity index is 360. The van der Waals surface area contributed by atoms with E-state index in [-0.39, 0.29) is 5.91 Å². The fourth-order valence-electron chi connectivity index (χ4n) is 1.97. The van der Waals surface area contributed by atoms with Crippen LogP contribution in [0.1, 0.15) is 26.2 Å². The van der Waals surface area contributed by atoms with Crippen LogP contribution in [0.25, 0.3) is 0 Å². The van der Waals surface area contributed by atoms with Gasteiger partial charge in [0.15, 0.2) is 0 Å². The first kappa shape index (κ1) is 12.0. The third kappa shape index (κ3) is 3.48. The first-order valence-electron chi connectivity index (χ1n) is 6.39. The molecule has 1 amide bonds. The molecule has 0 saturated heterocycles. The van der Waals surface area contributed by atoms with Gasteiger partial charge in [-0.05, 0) is 31.4 Å². The summed E-state index contributed by atoms with van der Waals surface area (Å²) in [5.74, 6) is 0.221. The summed E-state index contributed by atoms with van der Waals surface area (Å²) in [4.78, 5) is 14.1. The Labute approximate surface area is 103 Å². The molecule has 0 heterocycles. The number of amides is 1. The third-order valence-corrected chi connectivity index (χ3v) is 2.99. The van der Waals surface area contributed by atoms with Crippen LogP contribution in [0.15, 0.2) is 30.3 Å². The lowest BCUT2D eigenvalue weighted by Crippen LogP contribution is -2.37. The van der Waals surface area contributed by atoms with Crippen LogP contribution >= 0.6 is 0 Å². The SMILES string of the molecule is CCCN(C(=O)CNc1ccccc1)C1CC1. The van der Waals surface area contributed by atoms with Crippen molar-refractivity contribution in [2.24, 2.45) is 0 Å². The molecule has 0 spiro atoms. The molecule has 0 radical (unpaired) electrons. The Morgan fingerprint density at radius 1 is 1.35 bits per heavy atom. The molecule has 2 rings (SSSR count). The Balaban J connectivity index is 1.83. The largest absolute Gasteiger partial charge is 0.376 e. The molecule has 3 heteroatoms. The van der Waals surface area contributed by atoms with Crippen molar-refractivity contribution in [3.63, 3.8) is 0 Å². The van der Waals surface area contributed by atoms with Crippen LogP contribution in [0.3, 0.4) is 0 Å². The lowest BCUT2D eigenvalue weighted by molar-refractivity contribution is -0.129. The number of rotatable bonds is 6. The van der Waals surface area contributed by atoms with Gasteiger partial charge in [-0.1, -0.05) is 25.1 Å². The Hall–Kier alpha value is -1.51. The fourth-order valence-corrected chi connectivity index (χ4v) is 1.97. The molecule has 1 aromatic rings. The average Bonchev–Trinajstić information content (AvgIpc) is 3.18. The number of nitrogens with one attached hydrogen (secondary N) is 1. The predicted octanol–water partition coefficient (Wildman–Crippen LogP) is 2.50. The summed E-state index contributed by atoms with van der Waals surface area (Å²) < 4.78 is 0. The molecule has 1 fully saturated rings. The van der Waals surface area contributed by atoms with E-state index < -0.39 is 0 Å². The summed E-state index contributed by atoms with van der Waals surface area (Å²) in [5.41, 5.74) is 1.01. The quantitative estimate of drug-likeness (QED) is 0.817. The van der Waals surface area contributed by atoms with E-state index in [9.17, 15) is 4.79 Å². The van der Waals surface area contributed by atoms with E-state index in [2.05, 4.69) is 12.2 Å². The molecular formula is C14H20N2O. The summed E-state index contributed by atoms with van der Waals surface area (Å²) in [7, 11) is 0. The van der Waals surface area contributed by atoms with Crippen molar-refractivity contribution in [1.29, 1.82) is 0 Å². The molecule has 0 atom stereocenters. The highest BCUT2D eigenvalue weighted by atomic mass is 16.2. The number of hydrogen-bond acceptors (Lipinski definition) is 2. The van der Waals surface area contributed by atoms with E-state index in [1.54, 1.807) is 0 Å². The maximum atomic E-state index is 12.1. The molecule has 3 nitrogen and oxygen atoms in total. The van der Waals surface area contributed by atoms with Gasteiger partial charge < -0.3 is 10.2 Å². The zero-order chi connectivity index (χ0) is 12.1. The molecule has 92 valence electrons. The summed E-state index contributed by atoms with van der Waals surface area (Å²) in [6, 6.07) is 10.4. The smallest absolute Gasteiger partial charge is 0.242 e. The third-order valence-electron chi connectivity index (χ3n) is 2.99. The number of carbonyl (C=O) groups excluding carboxylic acids is 1. The second-order valence-electron chi connectivity index (χ2n) is 4.54. The highest BCUT2D eigenvalue weighted by molar-refractivity contribution is 5.81. The molecule has 1 aliphatic carbocycles. The standard InChI is InChI=1S/C14H20N2O/c1-2-10-16(13-8-9-13)14(17)11-15-12-6-4-3-5-7-12/h3-7,13,15H,2,8-11H2,1H3. The molecule has 17 heavy (non-hydrogen) atoms. The normalized spacial score (nSPS) is 14.4. The number of benzene rings is 1. The lowest BCUT2D eigenvalue weighted by atomic mass is 10.3. The molecule has 0 aromatic heterocycles. The molecule has 1 N–H and O–H groups in total. The topological polar surface area (TPSA) is 32.3 Å². The summed E-state index contributed by atoms with van der Waals surface area (Å²) in [6.07, 6.45) is 3.39. The molecule has 0 unspecified atom stereocenters. The van der Waals surface area contributed by atoms with Crippen molar-refractivity contribution in [2.75, 3.05) is 18.4 Å². The van der Waals surface area contributed by atoms with Crippen LogP contribution in [-0.4, -0.2) is 29.9 Å². The second-order valence-corrected chi connectivity index (χ2v) is 4.54. The van der Waals surface area contributed by atoms with Gasteiger partial charge in [0.05, 0.1) is 6.54 Å². The van der Waals surface area contributed by atoms with Crippen LogP contribution in [0.4, 0.5) is 5.69 Å². The highest BCUT2D eigenvalue weighted by Gasteiger charge is 2.31. The van der Waals surface area contributed by atoms with Crippen molar-refractivity contribution < 1.29 is 4.79 Å². The van der Waals surface area contributed by atoms with Crippen molar-refractivity contribution >= 4 is 11.6 Å². The summed E-state index contributed by atoms with van der Waals surface area (Å²) in [5, 5.41) is 3.17. The highest BCUT2D eigenvalue weighted by Crippen LogP contribution is 2.26. The van der Waals surface area contributed by atoms with Gasteiger partial charge in [0.1, 0.15) is 0 Å². The molecule has 1 aliphatic rings. The van der Waals surface area contributed by atoms with Crippen molar-refractivity contribution in [1.82, 2.24) is 4.90 Å². The van der Waals surface area contributed by atoms with E-state index in [4.69, 9.17) is 0 Å². The van der Waals surface area contributed by atoms with Crippen molar-refractivity contribution in [3.8, 4) is 0 Å². The van der Waals surface area contributed by atoms with Crippen LogP contribution < -0.4 is 5.32 Å². The van der Waals surface area contributed by atoms with Gasteiger partial charge in [-0.25, -0.2) is 0 Å². The van der Waals surface area contributed by atoms with Gasteiger partial charge in [-0.3, -0.25) is 4.79 Å². The molecule has 1 aromatic carbocycles. The number of carbonyl (C=O) groups is 1. The minimum absolute atomic E-state index is 0.221. The fraction of sp³-hybridized carbons (Fsp3) is 0.500. The van der Waals surface area contributed by atoms with Crippen LogP contribution in [0.2, 0.25) is 0 Å². The zero-order valence-electron chi connectivity index (χ0n) is 10.4. The van der Waals surface area contributed by atoms with Gasteiger partial charge in [0.25, 0.3) is 0 Å². The van der Waals surface area contributed by atoms with Crippen LogP contribution in [0.5, 0.6) is 0 Å². The Morgan fingerprint density at radius 2 is 2.06 bits per heavy atom. The zero-order valence-corrected chi connectivity index (χ0v) is 10.4. The van der Waals surface area contributed by atoms with E-state index in [0.29, 0.717) is 12.6 Å². The van der Waals surface area contributed by atoms with Gasteiger partial charge in [-0.2, -0.15) is 0 Å². The molecular weight excluding hydrogens is 212 g/mol. The number of para-hydroxylation sites is 1. The monoisotopic (exact) mass is 232 g/mol. The summed E-state index contributed by atoms with van der Waals surface area (Å²) >= 11 is 0. The average molecular weight is 232 g/mol.